The van der Waals surface area contributed by atoms with Gasteiger partial charge in [-0.05, 0) is 86.3 Å². The molecule has 1 aliphatic carbocycles. The molecule has 2 spiro atoms. The van der Waals surface area contributed by atoms with Crippen molar-refractivity contribution in [3.63, 3.8) is 0 Å². The minimum absolute atomic E-state index is 0.0464. The van der Waals surface area contributed by atoms with Gasteiger partial charge in [0.25, 0.3) is 5.91 Å². The van der Waals surface area contributed by atoms with Crippen LogP contribution in [0.2, 0.25) is 5.02 Å². The zero-order chi connectivity index (χ0) is 38.6. The molecule has 0 unspecified atom stereocenters. The van der Waals surface area contributed by atoms with Crippen LogP contribution in [0.25, 0.3) is 0 Å². The average Bonchev–Trinajstić information content (AvgIpc) is 3.42. The number of carbonyl (C=O) groups excluding carboxylic acids is 2. The third kappa shape index (κ3) is 6.69. The lowest BCUT2D eigenvalue weighted by Gasteiger charge is -2.46. The van der Waals surface area contributed by atoms with Crippen molar-refractivity contribution >= 4 is 39.1 Å². The average molecular weight is 791 g/mol. The molecule has 5 aliphatic rings. The van der Waals surface area contributed by atoms with Crippen LogP contribution in [0.4, 0.5) is 14.5 Å². The summed E-state index contributed by atoms with van der Waals surface area (Å²) in [6, 6.07) is 5.11. The number of amides is 2. The monoisotopic (exact) mass is 790 g/mol. The third-order valence-electron chi connectivity index (χ3n) is 12.4. The van der Waals surface area contributed by atoms with Gasteiger partial charge < -0.3 is 24.0 Å². The van der Waals surface area contributed by atoms with Crippen molar-refractivity contribution in [3.8, 4) is 5.75 Å². The Hall–Kier alpha value is -3.30. The number of nitrogens with one attached hydrogen (secondary N) is 1. The van der Waals surface area contributed by atoms with Crippen LogP contribution in [0.5, 0.6) is 5.75 Å². The van der Waals surface area contributed by atoms with Crippen LogP contribution in [0.3, 0.4) is 0 Å². The smallest absolute Gasteiger partial charge is 0.267 e. The van der Waals surface area contributed by atoms with Crippen LogP contribution in [0, 0.1) is 11.7 Å². The minimum atomic E-state index is -4.34. The number of hydrogen-bond acceptors (Lipinski definition) is 9. The standard InChI is InChI=1S/C39H49ClF2N4O7S/c1-24-8-9-30(41)35(37(48)44(13-15-51-3)14-16-52-4)46-12-6-11-39(46)22-45-21-38(10-5-7-26-17-27(40)18-29(39)34(26)38)23-53-33-20-31(42)28(19-32(33)45)36(47)43-54(49,50)25(24)2/h9,17-20,24-25,35H,5-8,10-16,21-23H2,1-4H3,(H,43,47)/b30-9-/t24-,25+,35+,38-,39-/m0/s1. The van der Waals surface area contributed by atoms with E-state index in [0.717, 1.165) is 42.0 Å². The Kier molecular flexibility index (Phi) is 10.8. The number of rotatable bonds is 7. The molecule has 0 radical (unpaired) electrons. The number of allylic oxidation sites excluding steroid dienone is 1. The molecule has 2 aromatic carbocycles. The number of halogens is 3. The second-order valence-corrected chi connectivity index (χ2v) is 18.1. The Balaban J connectivity index is 1.50. The van der Waals surface area contributed by atoms with E-state index in [9.17, 15) is 18.0 Å². The number of sulfonamides is 1. The molecule has 0 saturated carbocycles. The molecule has 2 amide bonds. The number of methoxy groups -OCH3 is 2. The summed E-state index contributed by atoms with van der Waals surface area (Å²) in [5.74, 6) is -3.62. The second-order valence-electron chi connectivity index (χ2n) is 15.6. The molecule has 0 aromatic heterocycles. The largest absolute Gasteiger partial charge is 0.490 e. The van der Waals surface area contributed by atoms with E-state index in [1.54, 1.807) is 11.8 Å². The molecule has 4 heterocycles. The summed E-state index contributed by atoms with van der Waals surface area (Å²) in [6.45, 7) is 5.18. The molecular weight excluding hydrogens is 742 g/mol. The zero-order valence-electron chi connectivity index (χ0n) is 31.3. The van der Waals surface area contributed by atoms with Gasteiger partial charge in [0.2, 0.25) is 15.9 Å². The predicted molar refractivity (Wildman–Crippen MR) is 201 cm³/mol. The molecule has 1 saturated heterocycles. The molecule has 294 valence electrons. The lowest BCUT2D eigenvalue weighted by atomic mass is 9.66. The van der Waals surface area contributed by atoms with Gasteiger partial charge in [-0.25, -0.2) is 21.9 Å². The van der Waals surface area contributed by atoms with Crippen LogP contribution in [0.15, 0.2) is 36.2 Å². The lowest BCUT2D eigenvalue weighted by Crippen LogP contribution is -2.58. The first-order valence-corrected chi connectivity index (χ1v) is 20.7. The van der Waals surface area contributed by atoms with Crippen LogP contribution < -0.4 is 14.4 Å². The Morgan fingerprint density at radius 2 is 1.81 bits per heavy atom. The van der Waals surface area contributed by atoms with Gasteiger partial charge in [0, 0.05) is 63.4 Å². The van der Waals surface area contributed by atoms with Crippen LogP contribution in [0.1, 0.15) is 73.0 Å². The van der Waals surface area contributed by atoms with E-state index in [-0.39, 0.29) is 51.6 Å². The van der Waals surface area contributed by atoms with E-state index in [4.69, 9.17) is 25.8 Å². The maximum atomic E-state index is 17.4. The maximum absolute atomic E-state index is 17.4. The van der Waals surface area contributed by atoms with E-state index in [0.29, 0.717) is 36.6 Å². The lowest BCUT2D eigenvalue weighted by molar-refractivity contribution is -0.139. The molecule has 1 fully saturated rings. The second kappa shape index (κ2) is 15.0. The van der Waals surface area contributed by atoms with Crippen molar-refractivity contribution in [1.29, 1.82) is 0 Å². The zero-order valence-corrected chi connectivity index (χ0v) is 32.8. The highest BCUT2D eigenvalue weighted by atomic mass is 35.5. The van der Waals surface area contributed by atoms with Crippen LogP contribution in [-0.2, 0) is 41.7 Å². The van der Waals surface area contributed by atoms with Crippen molar-refractivity contribution in [2.45, 2.75) is 74.6 Å². The number of nitrogens with zero attached hydrogens (tertiary/aromatic N) is 3. The van der Waals surface area contributed by atoms with Crippen molar-refractivity contribution in [1.82, 2.24) is 14.5 Å². The van der Waals surface area contributed by atoms with Gasteiger partial charge in [0.15, 0.2) is 0 Å². The molecule has 1 N–H and O–H groups in total. The predicted octanol–water partition coefficient (Wildman–Crippen LogP) is 5.09. The van der Waals surface area contributed by atoms with E-state index in [1.807, 2.05) is 17.0 Å². The SMILES string of the molecule is COCCN(CCOC)C(=O)[C@H]1/C(F)=C/C[C@H](C)[C@@H](C)S(=O)(=O)NC(=O)c2cc3c(cc2F)OC[C@@]24CCCc5cc(Cl)cc(c52)[C@]2(CCCN12)CN3C4. The molecule has 15 heteroatoms. The summed E-state index contributed by atoms with van der Waals surface area (Å²) in [6.07, 6.45) is 4.84. The molecule has 4 aliphatic heterocycles. The van der Waals surface area contributed by atoms with Crippen molar-refractivity contribution in [2.24, 2.45) is 5.92 Å². The fourth-order valence-corrected chi connectivity index (χ4v) is 11.0. The number of benzene rings is 2. The Bertz CT molecular complexity index is 1960. The summed E-state index contributed by atoms with van der Waals surface area (Å²) >= 11 is 6.95. The van der Waals surface area contributed by atoms with Gasteiger partial charge in [-0.15, -0.1) is 0 Å². The molecular formula is C39H49ClF2N4O7S. The Morgan fingerprint density at radius 1 is 1.07 bits per heavy atom. The molecule has 7 rings (SSSR count). The van der Waals surface area contributed by atoms with Gasteiger partial charge in [0.05, 0.1) is 41.9 Å². The Morgan fingerprint density at radius 3 is 2.54 bits per heavy atom. The number of ether oxygens (including phenoxy) is 3. The van der Waals surface area contributed by atoms with Gasteiger partial charge in [0.1, 0.15) is 23.4 Å². The highest BCUT2D eigenvalue weighted by Gasteiger charge is 2.57. The third-order valence-corrected chi connectivity index (χ3v) is 14.5. The van der Waals surface area contributed by atoms with E-state index in [2.05, 4.69) is 9.62 Å². The topological polar surface area (TPSA) is 118 Å². The molecule has 5 bridgehead atoms. The molecule has 54 heavy (non-hydrogen) atoms. The summed E-state index contributed by atoms with van der Waals surface area (Å²) in [4.78, 5) is 34.2. The molecule has 5 atom stereocenters. The number of anilines is 1. The van der Waals surface area contributed by atoms with E-state index < -0.39 is 67.2 Å². The van der Waals surface area contributed by atoms with Crippen LogP contribution >= 0.6 is 11.6 Å². The highest BCUT2D eigenvalue weighted by Crippen LogP contribution is 2.55. The van der Waals surface area contributed by atoms with Crippen LogP contribution in [-0.4, -0.2) is 108 Å². The summed E-state index contributed by atoms with van der Waals surface area (Å²) in [5, 5.41) is -0.621. The normalized spacial score (nSPS) is 30.0. The summed E-state index contributed by atoms with van der Waals surface area (Å²) in [5.41, 5.74) is 1.50. The fraction of sp³-hybridized carbons (Fsp3) is 0.590. The summed E-state index contributed by atoms with van der Waals surface area (Å²) < 4.78 is 79.6. The van der Waals surface area contributed by atoms with Gasteiger partial charge in [-0.1, -0.05) is 24.6 Å². The highest BCUT2D eigenvalue weighted by molar-refractivity contribution is 7.90. The minimum Gasteiger partial charge on any atom is -0.490 e. The first-order chi connectivity index (χ1) is 25.7. The first kappa shape index (κ1) is 39.0. The van der Waals surface area contributed by atoms with E-state index in [1.165, 1.54) is 33.3 Å². The van der Waals surface area contributed by atoms with Gasteiger partial charge >= 0.3 is 0 Å². The Labute approximate surface area is 321 Å². The van der Waals surface area contributed by atoms with Crippen molar-refractivity contribution in [2.75, 3.05) is 71.7 Å². The maximum Gasteiger partial charge on any atom is 0.267 e. The first-order valence-electron chi connectivity index (χ1n) is 18.7. The number of carbonyl (C=O) groups is 2. The van der Waals surface area contributed by atoms with Gasteiger partial charge in [-0.2, -0.15) is 0 Å². The number of hydrogen-bond donors (Lipinski definition) is 1. The van der Waals surface area contributed by atoms with E-state index >= 15 is 8.78 Å². The molecule has 2 aromatic rings. The quantitative estimate of drug-likeness (QED) is 0.410. The number of fused-ring (bicyclic) bond motifs is 1. The fourth-order valence-electron chi connectivity index (χ4n) is 9.46. The number of aryl methyl sites for hydroxylation is 1. The van der Waals surface area contributed by atoms with Gasteiger partial charge in [-0.3, -0.25) is 14.5 Å². The summed E-state index contributed by atoms with van der Waals surface area (Å²) in [7, 11) is -1.26. The van der Waals surface area contributed by atoms with Crippen molar-refractivity contribution in [3.05, 3.63) is 69.3 Å². The molecule has 11 nitrogen and oxygen atoms in total. The van der Waals surface area contributed by atoms with Crippen molar-refractivity contribution < 1.29 is 41.0 Å².